The van der Waals surface area contributed by atoms with Gasteiger partial charge in [-0.15, -0.1) is 0 Å². The standard InChI is InChI=1S/C17H35NO2/c1-6-11-18-14-17(9-7-8-15(2)13-17)20-12-10-16(3,4)19-5/h15,18H,6-14H2,1-5H3. The number of hydrogen-bond acceptors (Lipinski definition) is 3. The van der Waals surface area contributed by atoms with Crippen LogP contribution >= 0.6 is 0 Å². The first-order chi connectivity index (χ1) is 9.43. The molecule has 20 heavy (non-hydrogen) atoms. The van der Waals surface area contributed by atoms with Crippen LogP contribution in [0.15, 0.2) is 0 Å². The van der Waals surface area contributed by atoms with E-state index in [2.05, 4.69) is 33.0 Å². The molecule has 0 amide bonds. The maximum absolute atomic E-state index is 6.38. The molecule has 0 heterocycles. The third-order valence-corrected chi connectivity index (χ3v) is 4.59. The van der Waals surface area contributed by atoms with Gasteiger partial charge in [-0.1, -0.05) is 26.7 Å². The quantitative estimate of drug-likeness (QED) is 0.654. The Labute approximate surface area is 125 Å². The highest BCUT2D eigenvalue weighted by atomic mass is 16.5. The number of hydrogen-bond donors (Lipinski definition) is 1. The van der Waals surface area contributed by atoms with Gasteiger partial charge >= 0.3 is 0 Å². The van der Waals surface area contributed by atoms with Crippen molar-refractivity contribution in [1.82, 2.24) is 5.32 Å². The first kappa shape index (κ1) is 17.9. The summed E-state index contributed by atoms with van der Waals surface area (Å²) in [5.74, 6) is 0.780. The summed E-state index contributed by atoms with van der Waals surface area (Å²) in [6.07, 6.45) is 7.17. The highest BCUT2D eigenvalue weighted by Gasteiger charge is 2.35. The van der Waals surface area contributed by atoms with Crippen molar-refractivity contribution in [2.24, 2.45) is 5.92 Å². The van der Waals surface area contributed by atoms with Gasteiger partial charge in [0.2, 0.25) is 0 Å². The van der Waals surface area contributed by atoms with E-state index < -0.39 is 0 Å². The van der Waals surface area contributed by atoms with Gasteiger partial charge in [0.25, 0.3) is 0 Å². The van der Waals surface area contributed by atoms with Gasteiger partial charge in [-0.2, -0.15) is 0 Å². The highest BCUT2D eigenvalue weighted by Crippen LogP contribution is 2.35. The topological polar surface area (TPSA) is 30.5 Å². The second-order valence-electron chi connectivity index (χ2n) is 7.12. The average molecular weight is 285 g/mol. The summed E-state index contributed by atoms with van der Waals surface area (Å²) in [6, 6.07) is 0. The number of ether oxygens (including phenoxy) is 2. The summed E-state index contributed by atoms with van der Waals surface area (Å²) >= 11 is 0. The maximum Gasteiger partial charge on any atom is 0.0808 e. The third kappa shape index (κ3) is 6.11. The van der Waals surface area contributed by atoms with Gasteiger partial charge < -0.3 is 14.8 Å². The first-order valence-electron chi connectivity index (χ1n) is 8.33. The minimum atomic E-state index is -0.0850. The molecule has 1 N–H and O–H groups in total. The number of methoxy groups -OCH3 is 1. The number of rotatable bonds is 9. The Morgan fingerprint density at radius 2 is 2.10 bits per heavy atom. The Balaban J connectivity index is 2.49. The fourth-order valence-electron chi connectivity index (χ4n) is 3.06. The highest BCUT2D eigenvalue weighted by molar-refractivity contribution is 4.89. The molecule has 0 saturated heterocycles. The van der Waals surface area contributed by atoms with Crippen LogP contribution in [0, 0.1) is 5.92 Å². The Morgan fingerprint density at radius 3 is 2.70 bits per heavy atom. The third-order valence-electron chi connectivity index (χ3n) is 4.59. The molecule has 120 valence electrons. The second kappa shape index (κ2) is 8.35. The van der Waals surface area contributed by atoms with E-state index >= 15 is 0 Å². The molecule has 0 spiro atoms. The van der Waals surface area contributed by atoms with Gasteiger partial charge in [-0.25, -0.2) is 0 Å². The van der Waals surface area contributed by atoms with E-state index in [0.717, 1.165) is 32.0 Å². The Morgan fingerprint density at radius 1 is 1.35 bits per heavy atom. The molecule has 3 heteroatoms. The van der Waals surface area contributed by atoms with Crippen LogP contribution < -0.4 is 5.32 Å². The Hall–Kier alpha value is -0.120. The van der Waals surface area contributed by atoms with Gasteiger partial charge in [0.05, 0.1) is 17.8 Å². The summed E-state index contributed by atoms with van der Waals surface area (Å²) in [6.45, 7) is 11.7. The second-order valence-corrected chi connectivity index (χ2v) is 7.12. The first-order valence-corrected chi connectivity index (χ1v) is 8.33. The molecular weight excluding hydrogens is 250 g/mol. The lowest BCUT2D eigenvalue weighted by atomic mass is 9.78. The van der Waals surface area contributed by atoms with Crippen molar-refractivity contribution >= 4 is 0 Å². The van der Waals surface area contributed by atoms with E-state index in [0.29, 0.717) is 0 Å². The van der Waals surface area contributed by atoms with E-state index in [1.165, 1.54) is 32.1 Å². The minimum Gasteiger partial charge on any atom is -0.379 e. The summed E-state index contributed by atoms with van der Waals surface area (Å²) in [4.78, 5) is 0. The molecule has 1 aliphatic carbocycles. The molecule has 0 radical (unpaired) electrons. The van der Waals surface area contributed by atoms with E-state index in [9.17, 15) is 0 Å². The number of nitrogens with one attached hydrogen (secondary N) is 1. The van der Waals surface area contributed by atoms with Crippen molar-refractivity contribution in [3.63, 3.8) is 0 Å². The van der Waals surface area contributed by atoms with Crippen LogP contribution in [-0.2, 0) is 9.47 Å². The fourth-order valence-corrected chi connectivity index (χ4v) is 3.06. The monoisotopic (exact) mass is 285 g/mol. The summed E-state index contributed by atoms with van der Waals surface area (Å²) < 4.78 is 11.9. The average Bonchev–Trinajstić information content (AvgIpc) is 2.39. The fraction of sp³-hybridized carbons (Fsp3) is 1.00. The zero-order chi connectivity index (χ0) is 15.1. The van der Waals surface area contributed by atoms with Crippen LogP contribution in [0.3, 0.4) is 0 Å². The molecule has 2 atom stereocenters. The molecule has 1 fully saturated rings. The van der Waals surface area contributed by atoms with Gasteiger partial charge in [-0.3, -0.25) is 0 Å². The molecule has 0 aromatic carbocycles. The van der Waals surface area contributed by atoms with Crippen LogP contribution in [0.5, 0.6) is 0 Å². The zero-order valence-corrected chi connectivity index (χ0v) is 14.3. The van der Waals surface area contributed by atoms with E-state index in [-0.39, 0.29) is 11.2 Å². The van der Waals surface area contributed by atoms with Crippen molar-refractivity contribution in [2.75, 3.05) is 26.8 Å². The lowest BCUT2D eigenvalue weighted by molar-refractivity contribution is -0.0986. The summed E-state index contributed by atoms with van der Waals surface area (Å²) in [5, 5.41) is 3.57. The van der Waals surface area contributed by atoms with E-state index in [1.807, 2.05) is 0 Å². The largest absolute Gasteiger partial charge is 0.379 e. The van der Waals surface area contributed by atoms with Crippen molar-refractivity contribution in [1.29, 1.82) is 0 Å². The summed E-state index contributed by atoms with van der Waals surface area (Å²) in [5.41, 5.74) is -0.0328. The molecule has 3 nitrogen and oxygen atoms in total. The molecule has 1 saturated carbocycles. The minimum absolute atomic E-state index is 0.0522. The molecule has 0 aromatic heterocycles. The van der Waals surface area contributed by atoms with Crippen LogP contribution in [0.4, 0.5) is 0 Å². The Bertz CT molecular complexity index is 268. The van der Waals surface area contributed by atoms with Crippen LogP contribution in [0.1, 0.15) is 66.2 Å². The van der Waals surface area contributed by atoms with Crippen LogP contribution in [0.25, 0.3) is 0 Å². The smallest absolute Gasteiger partial charge is 0.0808 e. The van der Waals surface area contributed by atoms with Crippen LogP contribution in [-0.4, -0.2) is 38.0 Å². The molecule has 0 aliphatic heterocycles. The molecule has 2 unspecified atom stereocenters. The molecular formula is C17H35NO2. The van der Waals surface area contributed by atoms with Crippen molar-refractivity contribution in [3.8, 4) is 0 Å². The van der Waals surface area contributed by atoms with Gasteiger partial charge in [0.1, 0.15) is 0 Å². The normalized spacial score (nSPS) is 27.8. The molecule has 1 rings (SSSR count). The van der Waals surface area contributed by atoms with Crippen LogP contribution in [0.2, 0.25) is 0 Å². The predicted molar refractivity (Wildman–Crippen MR) is 85.2 cm³/mol. The molecule has 0 bridgehead atoms. The maximum atomic E-state index is 6.38. The van der Waals surface area contributed by atoms with Crippen molar-refractivity contribution < 1.29 is 9.47 Å². The van der Waals surface area contributed by atoms with Gasteiger partial charge in [-0.05, 0) is 52.0 Å². The van der Waals surface area contributed by atoms with Gasteiger partial charge in [0, 0.05) is 13.7 Å². The Kier molecular flexibility index (Phi) is 7.49. The van der Waals surface area contributed by atoms with Crippen molar-refractivity contribution in [3.05, 3.63) is 0 Å². The van der Waals surface area contributed by atoms with Gasteiger partial charge in [0.15, 0.2) is 0 Å². The predicted octanol–water partition coefficient (Wildman–Crippen LogP) is 3.77. The lowest BCUT2D eigenvalue weighted by Gasteiger charge is -2.41. The lowest BCUT2D eigenvalue weighted by Crippen LogP contribution is -2.47. The van der Waals surface area contributed by atoms with E-state index in [1.54, 1.807) is 7.11 Å². The molecule has 0 aromatic rings. The SMILES string of the molecule is CCCNCC1(OCCC(C)(C)OC)CCCC(C)C1. The van der Waals surface area contributed by atoms with E-state index in [4.69, 9.17) is 9.47 Å². The molecule has 1 aliphatic rings. The zero-order valence-electron chi connectivity index (χ0n) is 14.3. The summed E-state index contributed by atoms with van der Waals surface area (Å²) in [7, 11) is 1.78. The van der Waals surface area contributed by atoms with Crippen molar-refractivity contribution in [2.45, 2.75) is 77.4 Å².